The Kier molecular flexibility index (Phi) is 2.82. The van der Waals surface area contributed by atoms with Crippen molar-refractivity contribution in [2.75, 3.05) is 0 Å². The molecule has 0 spiro atoms. The van der Waals surface area contributed by atoms with E-state index in [1.165, 1.54) is 6.33 Å². The van der Waals surface area contributed by atoms with Gasteiger partial charge in [-0.25, -0.2) is 4.98 Å². The van der Waals surface area contributed by atoms with Gasteiger partial charge < -0.3 is 5.11 Å². The highest BCUT2D eigenvalue weighted by atomic mass is 32.1. The molecule has 5 heteroatoms. The number of thiophene rings is 1. The fraction of sp³-hybridized carbons (Fsp3) is 0.455. The Labute approximate surface area is 98.6 Å². The van der Waals surface area contributed by atoms with Crippen LogP contribution in [0.5, 0.6) is 0 Å². The van der Waals surface area contributed by atoms with Crippen LogP contribution in [0.25, 0.3) is 0 Å². The molecule has 0 aliphatic carbocycles. The molecule has 0 radical (unpaired) electrons. The van der Waals surface area contributed by atoms with E-state index in [1.54, 1.807) is 16.0 Å². The van der Waals surface area contributed by atoms with Gasteiger partial charge in [0.25, 0.3) is 0 Å². The zero-order chi connectivity index (χ0) is 11.8. The first-order valence-electron chi connectivity index (χ1n) is 5.10. The normalized spacial score (nSPS) is 15.0. The molecule has 1 atom stereocenters. The van der Waals surface area contributed by atoms with Crippen LogP contribution in [0.3, 0.4) is 0 Å². The first kappa shape index (κ1) is 11.3. The highest BCUT2D eigenvalue weighted by Crippen LogP contribution is 2.31. The highest BCUT2D eigenvalue weighted by molar-refractivity contribution is 7.10. The summed E-state index contributed by atoms with van der Waals surface area (Å²) in [6, 6.07) is 2.02. The molecule has 0 bridgehead atoms. The van der Waals surface area contributed by atoms with Crippen LogP contribution in [0.2, 0.25) is 0 Å². The van der Waals surface area contributed by atoms with E-state index >= 15 is 0 Å². The minimum atomic E-state index is -0.876. The van der Waals surface area contributed by atoms with Gasteiger partial charge in [0.2, 0.25) is 0 Å². The Morgan fingerprint density at radius 3 is 2.81 bits per heavy atom. The van der Waals surface area contributed by atoms with E-state index < -0.39 is 5.60 Å². The van der Waals surface area contributed by atoms with Crippen molar-refractivity contribution in [3.05, 3.63) is 34.0 Å². The first-order valence-corrected chi connectivity index (χ1v) is 5.98. The summed E-state index contributed by atoms with van der Waals surface area (Å²) >= 11 is 1.58. The molecule has 2 aromatic rings. The van der Waals surface area contributed by atoms with Gasteiger partial charge in [-0.05, 0) is 30.9 Å². The van der Waals surface area contributed by atoms with Crippen molar-refractivity contribution < 1.29 is 5.11 Å². The lowest BCUT2D eigenvalue weighted by atomic mass is 9.97. The van der Waals surface area contributed by atoms with Crippen LogP contribution in [0.4, 0.5) is 0 Å². The molecule has 2 rings (SSSR count). The lowest BCUT2D eigenvalue weighted by Crippen LogP contribution is -2.25. The molecule has 0 fully saturated rings. The molecule has 0 saturated heterocycles. The molecule has 2 heterocycles. The van der Waals surface area contributed by atoms with Crippen LogP contribution in [0.1, 0.15) is 23.2 Å². The van der Waals surface area contributed by atoms with Gasteiger partial charge in [0.1, 0.15) is 17.8 Å². The topological polar surface area (TPSA) is 50.9 Å². The van der Waals surface area contributed by atoms with Crippen molar-refractivity contribution >= 4 is 11.3 Å². The quantitative estimate of drug-likeness (QED) is 0.882. The Bertz CT molecular complexity index is 487. The first-order chi connectivity index (χ1) is 7.50. The van der Waals surface area contributed by atoms with Crippen LogP contribution >= 0.6 is 11.3 Å². The lowest BCUT2D eigenvalue weighted by molar-refractivity contribution is 0.0578. The van der Waals surface area contributed by atoms with Gasteiger partial charge in [-0.15, -0.1) is 11.3 Å². The zero-order valence-electron chi connectivity index (χ0n) is 9.64. The largest absolute Gasteiger partial charge is 0.384 e. The van der Waals surface area contributed by atoms with Gasteiger partial charge in [-0.1, -0.05) is 0 Å². The van der Waals surface area contributed by atoms with Gasteiger partial charge >= 0.3 is 0 Å². The molecule has 4 nitrogen and oxygen atoms in total. The van der Waals surface area contributed by atoms with Crippen molar-refractivity contribution in [3.8, 4) is 0 Å². The molecule has 0 aliphatic heterocycles. The van der Waals surface area contributed by atoms with E-state index in [1.807, 2.05) is 32.3 Å². The lowest BCUT2D eigenvalue weighted by Gasteiger charge is -2.22. The number of nitrogens with zero attached hydrogens (tertiary/aromatic N) is 3. The molecule has 86 valence electrons. The highest BCUT2D eigenvalue weighted by Gasteiger charge is 2.28. The second-order valence-electron chi connectivity index (χ2n) is 4.18. The van der Waals surface area contributed by atoms with E-state index in [-0.39, 0.29) is 0 Å². The molecule has 0 aromatic carbocycles. The number of aromatic nitrogens is 3. The third-order valence-electron chi connectivity index (χ3n) is 2.66. The Morgan fingerprint density at radius 1 is 1.56 bits per heavy atom. The third-order valence-corrected chi connectivity index (χ3v) is 3.93. The fourth-order valence-electron chi connectivity index (χ4n) is 1.79. The minimum Gasteiger partial charge on any atom is -0.384 e. The van der Waals surface area contributed by atoms with E-state index in [2.05, 4.69) is 10.1 Å². The van der Waals surface area contributed by atoms with Gasteiger partial charge in [0, 0.05) is 18.3 Å². The summed E-state index contributed by atoms with van der Waals surface area (Å²) in [5.74, 6) is 0.790. The van der Waals surface area contributed by atoms with Crippen molar-refractivity contribution in [1.82, 2.24) is 14.8 Å². The fourth-order valence-corrected chi connectivity index (χ4v) is 2.78. The number of hydrogen-bond acceptors (Lipinski definition) is 4. The van der Waals surface area contributed by atoms with E-state index in [0.717, 1.165) is 16.3 Å². The molecule has 2 aromatic heterocycles. The molecule has 16 heavy (non-hydrogen) atoms. The second-order valence-corrected chi connectivity index (χ2v) is 5.10. The van der Waals surface area contributed by atoms with Gasteiger partial charge in [0.15, 0.2) is 0 Å². The van der Waals surface area contributed by atoms with Crippen molar-refractivity contribution in [2.45, 2.75) is 25.9 Å². The van der Waals surface area contributed by atoms with E-state index in [0.29, 0.717) is 6.42 Å². The smallest absolute Gasteiger partial charge is 0.138 e. The number of aryl methyl sites for hydroxylation is 2. The SMILES string of the molecule is Cc1ccsc1C(C)(O)Cc1ncnn1C. The molecule has 0 saturated carbocycles. The summed E-state index contributed by atoms with van der Waals surface area (Å²) < 4.78 is 1.69. The maximum absolute atomic E-state index is 10.5. The summed E-state index contributed by atoms with van der Waals surface area (Å²) in [7, 11) is 1.83. The van der Waals surface area contributed by atoms with E-state index in [9.17, 15) is 5.11 Å². The molecular formula is C11H15N3OS. The van der Waals surface area contributed by atoms with Crippen LogP contribution in [0.15, 0.2) is 17.8 Å². The molecular weight excluding hydrogens is 222 g/mol. The van der Waals surface area contributed by atoms with Gasteiger partial charge in [-0.3, -0.25) is 4.68 Å². The maximum Gasteiger partial charge on any atom is 0.138 e. The summed E-state index contributed by atoms with van der Waals surface area (Å²) in [6.07, 6.45) is 1.98. The van der Waals surface area contributed by atoms with E-state index in [4.69, 9.17) is 0 Å². The third kappa shape index (κ3) is 2.01. The Morgan fingerprint density at radius 2 is 2.31 bits per heavy atom. The van der Waals surface area contributed by atoms with Gasteiger partial charge in [-0.2, -0.15) is 5.10 Å². The predicted molar refractivity (Wildman–Crippen MR) is 63.3 cm³/mol. The van der Waals surface area contributed by atoms with Gasteiger partial charge in [0.05, 0.1) is 0 Å². The van der Waals surface area contributed by atoms with Crippen molar-refractivity contribution in [1.29, 1.82) is 0 Å². The molecule has 1 N–H and O–H groups in total. The summed E-state index contributed by atoms with van der Waals surface area (Å²) in [4.78, 5) is 5.13. The van der Waals surface area contributed by atoms with Crippen LogP contribution in [-0.4, -0.2) is 19.9 Å². The number of aliphatic hydroxyl groups is 1. The van der Waals surface area contributed by atoms with Crippen molar-refractivity contribution in [2.24, 2.45) is 7.05 Å². The summed E-state index contributed by atoms with van der Waals surface area (Å²) in [6.45, 7) is 3.83. The van der Waals surface area contributed by atoms with Crippen molar-refractivity contribution in [3.63, 3.8) is 0 Å². The van der Waals surface area contributed by atoms with Crippen LogP contribution in [0, 0.1) is 6.92 Å². The standard InChI is InChI=1S/C11H15N3OS/c1-8-4-5-16-10(8)11(2,15)6-9-12-7-13-14(9)3/h4-5,7,15H,6H2,1-3H3. The number of hydrogen-bond donors (Lipinski definition) is 1. The summed E-state index contributed by atoms with van der Waals surface area (Å²) in [5, 5.41) is 16.5. The predicted octanol–water partition coefficient (Wildman–Crippen LogP) is 1.64. The molecule has 0 amide bonds. The maximum atomic E-state index is 10.5. The molecule has 1 unspecified atom stereocenters. The Balaban J connectivity index is 2.27. The van der Waals surface area contributed by atoms with Crippen LogP contribution in [-0.2, 0) is 19.1 Å². The average molecular weight is 237 g/mol. The molecule has 0 aliphatic rings. The monoisotopic (exact) mass is 237 g/mol. The summed E-state index contributed by atoms with van der Waals surface area (Å²) in [5.41, 5.74) is 0.246. The average Bonchev–Trinajstić information content (AvgIpc) is 2.76. The second kappa shape index (κ2) is 3.99. The Hall–Kier alpha value is -1.20. The number of rotatable bonds is 3. The van der Waals surface area contributed by atoms with Crippen LogP contribution < -0.4 is 0 Å². The zero-order valence-corrected chi connectivity index (χ0v) is 10.5. The minimum absolute atomic E-state index is 0.477.